The van der Waals surface area contributed by atoms with Gasteiger partial charge in [-0.1, -0.05) is 47.5 Å². The highest BCUT2D eigenvalue weighted by Gasteiger charge is 2.40. The van der Waals surface area contributed by atoms with Crippen LogP contribution in [0.3, 0.4) is 0 Å². The number of carbonyl (C=O) groups is 1. The van der Waals surface area contributed by atoms with Gasteiger partial charge in [0.05, 0.1) is 17.1 Å². The van der Waals surface area contributed by atoms with E-state index in [1.807, 2.05) is 31.2 Å². The Morgan fingerprint density at radius 3 is 2.56 bits per heavy atom. The van der Waals surface area contributed by atoms with Crippen molar-refractivity contribution in [2.24, 2.45) is 0 Å². The first-order chi connectivity index (χ1) is 15.3. The van der Waals surface area contributed by atoms with E-state index >= 15 is 0 Å². The molecule has 2 aliphatic heterocycles. The van der Waals surface area contributed by atoms with Crippen LogP contribution in [0.2, 0.25) is 5.02 Å². The van der Waals surface area contributed by atoms with Gasteiger partial charge < -0.3 is 9.64 Å². The molecule has 2 aliphatic rings. The number of hydrogen-bond acceptors (Lipinski definition) is 4. The van der Waals surface area contributed by atoms with Crippen LogP contribution in [-0.2, 0) is 21.2 Å². The third kappa shape index (κ3) is 3.51. The maximum atomic E-state index is 13.6. The quantitative estimate of drug-likeness (QED) is 0.578. The number of nitrogens with zero attached hydrogens (tertiary/aromatic N) is 2. The predicted molar refractivity (Wildman–Crippen MR) is 124 cm³/mol. The largest absolute Gasteiger partial charge is 0.476 e. The lowest BCUT2D eigenvalue weighted by Gasteiger charge is -2.36. The maximum Gasteiger partial charge on any atom is 0.269 e. The number of benzene rings is 3. The summed E-state index contributed by atoms with van der Waals surface area (Å²) < 4.78 is 34.4. The number of fused-ring (bicyclic) bond motifs is 2. The molecule has 0 saturated carbocycles. The fraction of sp³-hybridized carbons (Fsp3) is 0.208. The molecule has 164 valence electrons. The van der Waals surface area contributed by atoms with Gasteiger partial charge in [-0.2, -0.15) is 0 Å². The average molecular weight is 469 g/mol. The van der Waals surface area contributed by atoms with Crippen molar-refractivity contribution in [1.82, 2.24) is 0 Å². The van der Waals surface area contributed by atoms with Crippen LogP contribution < -0.4 is 13.9 Å². The molecule has 0 spiro atoms. The molecule has 32 heavy (non-hydrogen) atoms. The monoisotopic (exact) mass is 468 g/mol. The lowest BCUT2D eigenvalue weighted by molar-refractivity contribution is -0.125. The lowest BCUT2D eigenvalue weighted by Crippen LogP contribution is -2.51. The van der Waals surface area contributed by atoms with E-state index in [0.29, 0.717) is 23.0 Å². The minimum absolute atomic E-state index is 0.138. The number of hydrogen-bond donors (Lipinski definition) is 0. The summed E-state index contributed by atoms with van der Waals surface area (Å²) >= 11 is 6.17. The number of para-hydroxylation sites is 1. The molecule has 0 fully saturated rings. The number of rotatable bonds is 3. The summed E-state index contributed by atoms with van der Waals surface area (Å²) in [7, 11) is -3.94. The van der Waals surface area contributed by atoms with Gasteiger partial charge in [0.1, 0.15) is 5.75 Å². The second-order valence-corrected chi connectivity index (χ2v) is 10.2. The Hall–Kier alpha value is -3.03. The van der Waals surface area contributed by atoms with E-state index in [1.165, 1.54) is 4.31 Å². The molecule has 1 amide bonds. The minimum Gasteiger partial charge on any atom is -0.476 e. The van der Waals surface area contributed by atoms with E-state index in [0.717, 1.165) is 23.2 Å². The fourth-order valence-corrected chi connectivity index (χ4v) is 5.79. The van der Waals surface area contributed by atoms with Crippen molar-refractivity contribution < 1.29 is 17.9 Å². The van der Waals surface area contributed by atoms with Crippen molar-refractivity contribution in [1.29, 1.82) is 0 Å². The summed E-state index contributed by atoms with van der Waals surface area (Å²) in [5.74, 6) is 0.0434. The molecule has 2 heterocycles. The summed E-state index contributed by atoms with van der Waals surface area (Å²) in [5, 5.41) is 0.384. The molecular formula is C24H21ClN2O4S. The SMILES string of the molecule is Cc1ccc(S(=O)(=O)N2C[C@@H](C(=O)N3CCc4ccccc43)Oc3ccc(Cl)cc32)cc1. The van der Waals surface area contributed by atoms with E-state index in [2.05, 4.69) is 0 Å². The zero-order chi connectivity index (χ0) is 22.5. The van der Waals surface area contributed by atoms with Crippen molar-refractivity contribution >= 4 is 38.9 Å². The number of carbonyl (C=O) groups excluding carboxylic acids is 1. The Bertz CT molecular complexity index is 1310. The second-order valence-electron chi connectivity index (χ2n) is 7.94. The second kappa shape index (κ2) is 7.83. The number of anilines is 2. The Labute approximate surface area is 192 Å². The maximum absolute atomic E-state index is 13.6. The van der Waals surface area contributed by atoms with Crippen LogP contribution in [0.1, 0.15) is 11.1 Å². The van der Waals surface area contributed by atoms with Crippen LogP contribution in [0.25, 0.3) is 0 Å². The predicted octanol–water partition coefficient (Wildman–Crippen LogP) is 4.19. The third-order valence-corrected chi connectivity index (χ3v) is 7.86. The van der Waals surface area contributed by atoms with Gasteiger partial charge in [-0.25, -0.2) is 8.42 Å². The van der Waals surface area contributed by atoms with Gasteiger partial charge in [-0.3, -0.25) is 9.10 Å². The average Bonchev–Trinajstić information content (AvgIpc) is 3.22. The van der Waals surface area contributed by atoms with Crippen molar-refractivity contribution in [2.45, 2.75) is 24.3 Å². The van der Waals surface area contributed by atoms with Gasteiger partial charge >= 0.3 is 0 Å². The lowest BCUT2D eigenvalue weighted by atomic mass is 10.1. The first-order valence-electron chi connectivity index (χ1n) is 10.3. The number of halogens is 1. The highest BCUT2D eigenvalue weighted by Crippen LogP contribution is 2.40. The molecule has 0 saturated heterocycles. The minimum atomic E-state index is -3.94. The molecule has 0 bridgehead atoms. The Morgan fingerprint density at radius 1 is 1.03 bits per heavy atom. The van der Waals surface area contributed by atoms with Crippen LogP contribution in [0.15, 0.2) is 71.6 Å². The molecule has 0 N–H and O–H groups in total. The van der Waals surface area contributed by atoms with Gasteiger partial charge in [0.15, 0.2) is 6.10 Å². The topological polar surface area (TPSA) is 66.9 Å². The number of aryl methyl sites for hydroxylation is 1. The molecule has 3 aromatic rings. The van der Waals surface area contributed by atoms with Crippen LogP contribution in [0.5, 0.6) is 5.75 Å². The summed E-state index contributed by atoms with van der Waals surface area (Å²) in [6.07, 6.45) is -0.221. The molecule has 8 heteroatoms. The van der Waals surface area contributed by atoms with Crippen LogP contribution >= 0.6 is 11.6 Å². The standard InChI is InChI=1S/C24H21ClN2O4S/c1-16-6-9-19(10-7-16)32(29,30)27-15-23(31-22-11-8-18(25)14-21(22)27)24(28)26-13-12-17-4-2-3-5-20(17)26/h2-11,14,23H,12-13,15H2,1H3/t23-/m0/s1. The Morgan fingerprint density at radius 2 is 1.78 bits per heavy atom. The fourth-order valence-electron chi connectivity index (χ4n) is 4.16. The molecule has 5 rings (SSSR count). The van der Waals surface area contributed by atoms with E-state index in [-0.39, 0.29) is 17.3 Å². The van der Waals surface area contributed by atoms with Gasteiger partial charge in [0.25, 0.3) is 15.9 Å². The van der Waals surface area contributed by atoms with Crippen molar-refractivity contribution in [2.75, 3.05) is 22.3 Å². The number of ether oxygens (including phenoxy) is 1. The summed E-state index contributed by atoms with van der Waals surface area (Å²) in [6.45, 7) is 2.29. The van der Waals surface area contributed by atoms with Gasteiger partial charge in [0.2, 0.25) is 0 Å². The molecule has 0 aliphatic carbocycles. The highest BCUT2D eigenvalue weighted by atomic mass is 35.5. The summed E-state index contributed by atoms with van der Waals surface area (Å²) in [5.41, 5.74) is 3.21. The molecule has 3 aromatic carbocycles. The zero-order valence-corrected chi connectivity index (χ0v) is 18.9. The molecule has 0 unspecified atom stereocenters. The van der Waals surface area contributed by atoms with E-state index in [9.17, 15) is 13.2 Å². The normalized spacial score (nSPS) is 17.5. The highest BCUT2D eigenvalue weighted by molar-refractivity contribution is 7.92. The molecule has 0 radical (unpaired) electrons. The van der Waals surface area contributed by atoms with Gasteiger partial charge in [-0.15, -0.1) is 0 Å². The van der Waals surface area contributed by atoms with Crippen LogP contribution in [0.4, 0.5) is 11.4 Å². The first kappa shape index (κ1) is 20.8. The first-order valence-corrected chi connectivity index (χ1v) is 12.1. The molecular weight excluding hydrogens is 448 g/mol. The van der Waals surface area contributed by atoms with Crippen LogP contribution in [0, 0.1) is 6.92 Å². The van der Waals surface area contributed by atoms with Crippen molar-refractivity contribution in [3.63, 3.8) is 0 Å². The van der Waals surface area contributed by atoms with Gasteiger partial charge in [0, 0.05) is 17.3 Å². The summed E-state index contributed by atoms with van der Waals surface area (Å²) in [4.78, 5) is 15.3. The third-order valence-electron chi connectivity index (χ3n) is 5.83. The number of sulfonamides is 1. The van der Waals surface area contributed by atoms with E-state index < -0.39 is 16.1 Å². The van der Waals surface area contributed by atoms with E-state index in [4.69, 9.17) is 16.3 Å². The van der Waals surface area contributed by atoms with E-state index in [1.54, 1.807) is 47.4 Å². The zero-order valence-electron chi connectivity index (χ0n) is 17.4. The van der Waals surface area contributed by atoms with Crippen molar-refractivity contribution in [3.05, 3.63) is 82.9 Å². The Kier molecular flexibility index (Phi) is 5.10. The molecule has 0 aromatic heterocycles. The summed E-state index contributed by atoms with van der Waals surface area (Å²) in [6, 6.07) is 19.1. The molecule has 6 nitrogen and oxygen atoms in total. The number of amides is 1. The van der Waals surface area contributed by atoms with Crippen LogP contribution in [-0.4, -0.2) is 33.5 Å². The smallest absolute Gasteiger partial charge is 0.269 e. The van der Waals surface area contributed by atoms with Crippen molar-refractivity contribution in [3.8, 4) is 5.75 Å². The molecule has 1 atom stereocenters. The van der Waals surface area contributed by atoms with Gasteiger partial charge in [-0.05, 0) is 55.3 Å². The Balaban J connectivity index is 1.54.